The van der Waals surface area contributed by atoms with E-state index in [1.807, 2.05) is 0 Å². The predicted octanol–water partition coefficient (Wildman–Crippen LogP) is 2.59. The fourth-order valence-corrected chi connectivity index (χ4v) is 3.31. The minimum absolute atomic E-state index is 0.0346. The molecule has 0 aliphatic rings. The summed E-state index contributed by atoms with van der Waals surface area (Å²) in [6.45, 7) is 18.2. The van der Waals surface area contributed by atoms with Crippen molar-refractivity contribution >= 4 is 35.4 Å². The molecule has 0 aromatic heterocycles. The summed E-state index contributed by atoms with van der Waals surface area (Å²) in [7, 11) is 0. The summed E-state index contributed by atoms with van der Waals surface area (Å²) in [5, 5.41) is 0. The van der Waals surface area contributed by atoms with E-state index in [9.17, 15) is 28.8 Å². The molecule has 12 nitrogen and oxygen atoms in total. The van der Waals surface area contributed by atoms with Crippen LogP contribution in [0.1, 0.15) is 19.3 Å². The first-order valence-electron chi connectivity index (χ1n) is 13.1. The fourth-order valence-electron chi connectivity index (χ4n) is 3.31. The summed E-state index contributed by atoms with van der Waals surface area (Å²) < 4.78 is 32.5. The second-order valence-corrected chi connectivity index (χ2v) is 9.38. The Kier molecular flexibility index (Phi) is 19.1. The smallest absolute Gasteiger partial charge is 0.330 e. The van der Waals surface area contributed by atoms with E-state index in [-0.39, 0.29) is 83.7 Å². The monoisotopic (exact) mass is 604 g/mol. The number of rotatable bonds is 26. The van der Waals surface area contributed by atoms with Crippen LogP contribution in [0.2, 0.25) is 0 Å². The summed E-state index contributed by atoms with van der Waals surface area (Å²) in [6, 6.07) is 0. The molecule has 0 atom stereocenters. The van der Waals surface area contributed by atoms with Gasteiger partial charge in [-0.1, -0.05) is 39.5 Å². The molecule has 0 amide bonds. The fraction of sp³-hybridized carbons (Fsp3) is 0.419. The van der Waals surface area contributed by atoms with E-state index < -0.39 is 34.7 Å². The Morgan fingerprint density at radius 1 is 0.465 bits per heavy atom. The van der Waals surface area contributed by atoms with Crippen LogP contribution in [0.25, 0.3) is 0 Å². The van der Waals surface area contributed by atoms with Gasteiger partial charge in [0.2, 0.25) is 0 Å². The van der Waals surface area contributed by atoms with Crippen molar-refractivity contribution in [2.45, 2.75) is 19.3 Å². The van der Waals surface area contributed by atoms with Crippen LogP contribution >= 0.6 is 0 Å². The normalized spacial score (nSPS) is 10.8. The molecule has 0 unspecified atom stereocenters. The quantitative estimate of drug-likeness (QED) is 0.0616. The molecule has 0 rings (SSSR count). The van der Waals surface area contributed by atoms with Crippen LogP contribution in [-0.2, 0) is 57.2 Å². The third-order valence-corrected chi connectivity index (χ3v) is 5.94. The van der Waals surface area contributed by atoms with Gasteiger partial charge in [0.15, 0.2) is 11.6 Å². The molecule has 0 aliphatic heterocycles. The molecule has 0 fully saturated rings. The van der Waals surface area contributed by atoms with Gasteiger partial charge in [-0.15, -0.1) is 0 Å². The Bertz CT molecular complexity index is 971. The summed E-state index contributed by atoms with van der Waals surface area (Å²) in [4.78, 5) is 71.3. The van der Waals surface area contributed by atoms with Crippen molar-refractivity contribution in [1.82, 2.24) is 0 Å². The van der Waals surface area contributed by atoms with Crippen molar-refractivity contribution in [3.8, 4) is 0 Å². The van der Waals surface area contributed by atoms with E-state index in [0.717, 1.165) is 36.5 Å². The van der Waals surface area contributed by atoms with Gasteiger partial charge in [0.1, 0.15) is 33.0 Å². The lowest BCUT2D eigenvalue weighted by atomic mass is 9.84. The van der Waals surface area contributed by atoms with Crippen LogP contribution < -0.4 is 0 Å². The largest absolute Gasteiger partial charge is 0.462 e. The number of allylic oxidation sites excluding steroid dienone is 1. The van der Waals surface area contributed by atoms with Gasteiger partial charge in [-0.05, 0) is 25.0 Å². The molecule has 0 spiro atoms. The van der Waals surface area contributed by atoms with Gasteiger partial charge < -0.3 is 28.4 Å². The van der Waals surface area contributed by atoms with Crippen molar-refractivity contribution in [2.75, 3.05) is 52.9 Å². The number of carbonyl (C=O) groups is 6. The summed E-state index contributed by atoms with van der Waals surface area (Å²) in [5.41, 5.74) is -2.45. The lowest BCUT2D eigenvalue weighted by molar-refractivity contribution is -0.159. The topological polar surface area (TPSA) is 158 Å². The van der Waals surface area contributed by atoms with Crippen LogP contribution in [0.5, 0.6) is 0 Å². The van der Waals surface area contributed by atoms with Crippen molar-refractivity contribution in [3.63, 3.8) is 0 Å². The average Bonchev–Trinajstić information content (AvgIpc) is 3.03. The maximum absolute atomic E-state index is 12.1. The molecular weight excluding hydrogens is 564 g/mol. The number of ether oxygens (including phenoxy) is 6. The minimum Gasteiger partial charge on any atom is -0.462 e. The molecule has 0 aromatic carbocycles. The van der Waals surface area contributed by atoms with Crippen molar-refractivity contribution in [2.24, 2.45) is 10.8 Å². The maximum Gasteiger partial charge on any atom is 0.330 e. The minimum atomic E-state index is -1.23. The zero-order valence-corrected chi connectivity index (χ0v) is 24.4. The third-order valence-electron chi connectivity index (χ3n) is 5.94. The van der Waals surface area contributed by atoms with E-state index in [4.69, 9.17) is 28.4 Å². The highest BCUT2D eigenvalue weighted by molar-refractivity contribution is 5.90. The third kappa shape index (κ3) is 16.6. The van der Waals surface area contributed by atoms with Crippen LogP contribution in [0.3, 0.4) is 0 Å². The molecule has 0 heterocycles. The summed E-state index contributed by atoms with van der Waals surface area (Å²) >= 11 is 0. The highest BCUT2D eigenvalue weighted by Gasteiger charge is 2.38. The lowest BCUT2D eigenvalue weighted by Crippen LogP contribution is -2.43. The zero-order valence-electron chi connectivity index (χ0n) is 24.4. The van der Waals surface area contributed by atoms with Gasteiger partial charge in [0, 0.05) is 37.3 Å². The molecule has 0 bridgehead atoms. The van der Waals surface area contributed by atoms with E-state index in [1.165, 1.54) is 0 Å². The Morgan fingerprint density at radius 3 is 1.19 bits per heavy atom. The van der Waals surface area contributed by atoms with Gasteiger partial charge in [-0.2, -0.15) is 0 Å². The second-order valence-electron chi connectivity index (χ2n) is 9.38. The summed E-state index contributed by atoms with van der Waals surface area (Å²) in [5.74, 6) is -3.72. The highest BCUT2D eigenvalue weighted by Crippen LogP contribution is 2.30. The number of carbonyl (C=O) groups excluding carboxylic acids is 6. The molecule has 0 saturated carbocycles. The van der Waals surface area contributed by atoms with Gasteiger partial charge in [-0.25, -0.2) is 19.2 Å². The first kappa shape index (κ1) is 38.6. The Morgan fingerprint density at radius 2 is 0.837 bits per heavy atom. The van der Waals surface area contributed by atoms with E-state index in [2.05, 4.69) is 39.5 Å². The number of hydrogen-bond acceptors (Lipinski definition) is 12. The number of hydrogen-bond donors (Lipinski definition) is 0. The summed E-state index contributed by atoms with van der Waals surface area (Å²) in [6.07, 6.45) is 6.09. The molecule has 236 valence electrons. The van der Waals surface area contributed by atoms with Crippen LogP contribution in [-0.4, -0.2) is 88.3 Å². The Labute approximate surface area is 251 Å². The first-order valence-corrected chi connectivity index (χ1v) is 13.1. The van der Waals surface area contributed by atoms with Crippen molar-refractivity contribution < 1.29 is 57.2 Å². The van der Waals surface area contributed by atoms with E-state index in [0.29, 0.717) is 0 Å². The Balaban J connectivity index is 6.28. The predicted molar refractivity (Wildman–Crippen MR) is 155 cm³/mol. The van der Waals surface area contributed by atoms with Crippen LogP contribution in [0.4, 0.5) is 0 Å². The van der Waals surface area contributed by atoms with Crippen LogP contribution in [0.15, 0.2) is 75.9 Å². The van der Waals surface area contributed by atoms with E-state index >= 15 is 0 Å². The van der Waals surface area contributed by atoms with Gasteiger partial charge in [0.05, 0.1) is 24.0 Å². The molecule has 0 saturated heterocycles. The average molecular weight is 605 g/mol. The van der Waals surface area contributed by atoms with Crippen molar-refractivity contribution in [1.29, 1.82) is 0 Å². The standard InChI is InChI=1S/C31H40O12/c1-7-24(32)13-14-30(20-40-26(34)9-3,21-41-27(35)10-4)18-39-19-31(22-42-28(36)11-5,23-43-29(37)12-6)15-16-38-17-25(33)8-2/h7-12H,1-6,13-23H2. The Hall–Kier alpha value is -4.42. The van der Waals surface area contributed by atoms with Crippen molar-refractivity contribution in [3.05, 3.63) is 75.9 Å². The van der Waals surface area contributed by atoms with Gasteiger partial charge in [-0.3, -0.25) is 9.59 Å². The molecule has 43 heavy (non-hydrogen) atoms. The molecule has 0 aliphatic carbocycles. The first-order chi connectivity index (χ1) is 20.4. The second kappa shape index (κ2) is 21.3. The number of esters is 4. The zero-order chi connectivity index (χ0) is 32.7. The molecule has 0 aromatic rings. The molecule has 12 heteroatoms. The SMILES string of the molecule is C=CC(=O)CCC(COCC(CCOCC(=O)C=C)(COC(=O)C=C)COC(=O)C=C)(COC(=O)C=C)COC(=O)C=C. The maximum atomic E-state index is 12.1. The van der Waals surface area contributed by atoms with Gasteiger partial charge >= 0.3 is 23.9 Å². The molecular formula is C31H40O12. The van der Waals surface area contributed by atoms with E-state index in [1.54, 1.807) is 0 Å². The van der Waals surface area contributed by atoms with Gasteiger partial charge in [0.25, 0.3) is 0 Å². The highest BCUT2D eigenvalue weighted by atomic mass is 16.6. The van der Waals surface area contributed by atoms with Crippen LogP contribution in [0, 0.1) is 10.8 Å². The molecule has 0 N–H and O–H groups in total. The lowest BCUT2D eigenvalue weighted by Gasteiger charge is -2.36. The number of ketones is 2. The molecule has 0 radical (unpaired) electrons.